The van der Waals surface area contributed by atoms with Gasteiger partial charge in [-0.15, -0.1) is 0 Å². The van der Waals surface area contributed by atoms with Crippen molar-refractivity contribution in [1.82, 2.24) is 4.90 Å². The molecule has 4 N–H and O–H groups in total. The number of esters is 1. The van der Waals surface area contributed by atoms with Gasteiger partial charge in [-0.25, -0.2) is 4.79 Å². The smallest absolute Gasteiger partial charge is 0.329 e. The van der Waals surface area contributed by atoms with Crippen molar-refractivity contribution in [2.75, 3.05) is 0 Å². The molecule has 0 aromatic heterocycles. The fraction of sp³-hybridized carbons (Fsp3) is 0.476. The number of unbranched alkanes of at least 4 members (excludes halogenated alkanes) is 2. The summed E-state index contributed by atoms with van der Waals surface area (Å²) in [4.78, 5) is 37.3. The number of benzene rings is 1. The van der Waals surface area contributed by atoms with E-state index in [9.17, 15) is 24.6 Å². The predicted octanol–water partition coefficient (Wildman–Crippen LogP) is 1.85. The lowest BCUT2D eigenvalue weighted by atomic mass is 10.1. The number of carbonyl (C=O) groups is 3. The second kappa shape index (κ2) is 10.6. The molecule has 1 aromatic rings. The summed E-state index contributed by atoms with van der Waals surface area (Å²) in [5, 5.41) is 18.9. The third-order valence-electron chi connectivity index (χ3n) is 4.79. The summed E-state index contributed by atoms with van der Waals surface area (Å²) < 4.78 is 5.49. The van der Waals surface area contributed by atoms with Crippen molar-refractivity contribution in [2.45, 2.75) is 63.7 Å². The van der Waals surface area contributed by atoms with Gasteiger partial charge in [-0.1, -0.05) is 25.0 Å². The molecule has 2 amide bonds. The molecule has 0 saturated heterocycles. The highest BCUT2D eigenvalue weighted by Gasteiger charge is 2.33. The summed E-state index contributed by atoms with van der Waals surface area (Å²) in [6.45, 7) is 1.79. The molecule has 1 aliphatic heterocycles. The topological polar surface area (TPSA) is 130 Å². The van der Waals surface area contributed by atoms with Crippen LogP contribution < -0.4 is 5.73 Å². The Hall–Kier alpha value is -2.87. The first-order chi connectivity index (χ1) is 13.8. The minimum absolute atomic E-state index is 0.0184. The molecule has 2 rings (SSSR count). The molecule has 0 aliphatic carbocycles. The molecule has 0 saturated carbocycles. The molecule has 0 unspecified atom stereocenters. The minimum atomic E-state index is -1.12. The molecule has 8 heteroatoms. The number of amides is 2. The van der Waals surface area contributed by atoms with Gasteiger partial charge in [0.2, 0.25) is 5.91 Å². The highest BCUT2D eigenvalue weighted by atomic mass is 16.5. The number of hydrogen-bond donors (Lipinski definition) is 3. The van der Waals surface area contributed by atoms with Crippen LogP contribution in [0.1, 0.15) is 55.8 Å². The van der Waals surface area contributed by atoms with E-state index in [0.717, 1.165) is 12.8 Å². The summed E-state index contributed by atoms with van der Waals surface area (Å²) in [6.07, 6.45) is 5.41. The van der Waals surface area contributed by atoms with Crippen molar-refractivity contribution < 1.29 is 29.3 Å². The maximum Gasteiger partial charge on any atom is 0.329 e. The van der Waals surface area contributed by atoms with Crippen molar-refractivity contribution in [3.05, 3.63) is 42.1 Å². The number of phenolic OH excluding ortho intramolecular Hbond substituents is 1. The van der Waals surface area contributed by atoms with E-state index >= 15 is 0 Å². The molecular weight excluding hydrogens is 376 g/mol. The molecule has 0 bridgehead atoms. The summed E-state index contributed by atoms with van der Waals surface area (Å²) in [5.41, 5.74) is 5.29. The van der Waals surface area contributed by atoms with Gasteiger partial charge in [0.05, 0.1) is 6.10 Å². The van der Waals surface area contributed by atoms with Crippen LogP contribution in [-0.2, 0) is 14.3 Å². The first-order valence-corrected chi connectivity index (χ1v) is 9.76. The van der Waals surface area contributed by atoms with Crippen molar-refractivity contribution in [3.8, 4) is 5.75 Å². The number of nitrogens with two attached hydrogens (primary N) is 1. The van der Waals surface area contributed by atoms with E-state index in [2.05, 4.69) is 0 Å². The Morgan fingerprint density at radius 3 is 2.66 bits per heavy atom. The Kier molecular flexibility index (Phi) is 8.21. The number of hydrogen-bond acceptors (Lipinski definition) is 6. The maximum absolute atomic E-state index is 12.6. The van der Waals surface area contributed by atoms with Gasteiger partial charge in [-0.2, -0.15) is 0 Å². The van der Waals surface area contributed by atoms with Crippen LogP contribution in [0, 0.1) is 0 Å². The molecule has 0 radical (unpaired) electrons. The lowest BCUT2D eigenvalue weighted by molar-refractivity contribution is -0.152. The zero-order valence-electron chi connectivity index (χ0n) is 16.5. The third kappa shape index (κ3) is 6.60. The number of carbonyl (C=O) groups excluding carboxylic acids is 3. The molecule has 8 nitrogen and oxygen atoms in total. The van der Waals surface area contributed by atoms with Crippen LogP contribution in [0.3, 0.4) is 0 Å². The lowest BCUT2D eigenvalue weighted by Crippen LogP contribution is -2.40. The van der Waals surface area contributed by atoms with Crippen LogP contribution in [0.25, 0.3) is 0 Å². The quantitative estimate of drug-likeness (QED) is 0.403. The summed E-state index contributed by atoms with van der Waals surface area (Å²) in [6, 6.07) is 5.25. The summed E-state index contributed by atoms with van der Waals surface area (Å²) in [7, 11) is 0. The Labute approximate surface area is 169 Å². The SMILES string of the molecule is C[C@H](CCCCC[C@@H](O)C(N)=O)OC(=O)[C@@H]1CC=CN1C(=O)c1cccc(O)c1. The lowest BCUT2D eigenvalue weighted by Gasteiger charge is -2.24. The number of aliphatic hydroxyl groups excluding tert-OH is 1. The average molecular weight is 404 g/mol. The molecule has 1 aliphatic rings. The Balaban J connectivity index is 1.79. The summed E-state index contributed by atoms with van der Waals surface area (Å²) >= 11 is 0. The predicted molar refractivity (Wildman–Crippen MR) is 106 cm³/mol. The number of phenols is 1. The van der Waals surface area contributed by atoms with Gasteiger partial charge in [0.25, 0.3) is 5.91 Å². The van der Waals surface area contributed by atoms with Gasteiger partial charge in [0.15, 0.2) is 0 Å². The largest absolute Gasteiger partial charge is 0.508 e. The fourth-order valence-corrected chi connectivity index (χ4v) is 3.15. The molecule has 3 atom stereocenters. The van der Waals surface area contributed by atoms with Crippen LogP contribution in [0.4, 0.5) is 0 Å². The monoisotopic (exact) mass is 404 g/mol. The van der Waals surface area contributed by atoms with Gasteiger partial charge in [0, 0.05) is 11.8 Å². The highest BCUT2D eigenvalue weighted by Crippen LogP contribution is 2.22. The Morgan fingerprint density at radius 1 is 1.24 bits per heavy atom. The molecule has 29 heavy (non-hydrogen) atoms. The van der Waals surface area contributed by atoms with E-state index in [0.29, 0.717) is 31.2 Å². The zero-order chi connectivity index (χ0) is 21.4. The van der Waals surface area contributed by atoms with Gasteiger partial charge in [-0.05, 0) is 50.8 Å². The van der Waals surface area contributed by atoms with Gasteiger partial charge in [0.1, 0.15) is 17.9 Å². The molecule has 0 fully saturated rings. The number of aromatic hydroxyl groups is 1. The minimum Gasteiger partial charge on any atom is -0.508 e. The van der Waals surface area contributed by atoms with Crippen molar-refractivity contribution in [3.63, 3.8) is 0 Å². The van der Waals surface area contributed by atoms with Crippen LogP contribution in [0.2, 0.25) is 0 Å². The van der Waals surface area contributed by atoms with Crippen molar-refractivity contribution in [1.29, 1.82) is 0 Å². The van der Waals surface area contributed by atoms with E-state index in [1.165, 1.54) is 17.0 Å². The van der Waals surface area contributed by atoms with Gasteiger partial charge in [-0.3, -0.25) is 9.59 Å². The standard InChI is InChI=1S/C21H28N2O6/c1-14(7-3-2-4-11-18(25)19(22)26)29-21(28)17-10-6-12-23(17)20(27)15-8-5-9-16(24)13-15/h5-6,8-9,12-14,17-18,24-25H,2-4,7,10-11H2,1H3,(H2,22,26)/t14-,17+,18-/m1/s1. The van der Waals surface area contributed by atoms with Crippen LogP contribution in [-0.4, -0.2) is 51.1 Å². The number of aliphatic hydroxyl groups is 1. The van der Waals surface area contributed by atoms with E-state index < -0.39 is 24.0 Å². The Morgan fingerprint density at radius 2 is 1.97 bits per heavy atom. The maximum atomic E-state index is 12.6. The van der Waals surface area contributed by atoms with Gasteiger partial charge >= 0.3 is 5.97 Å². The highest BCUT2D eigenvalue weighted by molar-refractivity contribution is 5.98. The van der Waals surface area contributed by atoms with Crippen LogP contribution >= 0.6 is 0 Å². The normalized spacial score (nSPS) is 17.7. The Bertz CT molecular complexity index is 763. The van der Waals surface area contributed by atoms with E-state index in [-0.39, 0.29) is 17.8 Å². The molecule has 158 valence electrons. The van der Waals surface area contributed by atoms with Crippen molar-refractivity contribution >= 4 is 17.8 Å². The number of primary amides is 1. The second-order valence-corrected chi connectivity index (χ2v) is 7.20. The summed E-state index contributed by atoms with van der Waals surface area (Å²) in [5.74, 6) is -1.59. The first kappa shape index (κ1) is 22.4. The fourth-order valence-electron chi connectivity index (χ4n) is 3.15. The number of nitrogens with zero attached hydrogens (tertiary/aromatic N) is 1. The van der Waals surface area contributed by atoms with E-state index in [4.69, 9.17) is 10.5 Å². The zero-order valence-corrected chi connectivity index (χ0v) is 16.5. The van der Waals surface area contributed by atoms with E-state index in [1.807, 2.05) is 0 Å². The van der Waals surface area contributed by atoms with Gasteiger partial charge < -0.3 is 25.6 Å². The molecule has 1 heterocycles. The molecule has 1 aromatic carbocycles. The third-order valence-corrected chi connectivity index (χ3v) is 4.79. The number of rotatable bonds is 10. The average Bonchev–Trinajstić information content (AvgIpc) is 3.16. The number of ether oxygens (including phenoxy) is 1. The van der Waals surface area contributed by atoms with Crippen molar-refractivity contribution in [2.24, 2.45) is 5.73 Å². The van der Waals surface area contributed by atoms with E-state index in [1.54, 1.807) is 31.3 Å². The first-order valence-electron chi connectivity index (χ1n) is 9.76. The second-order valence-electron chi connectivity index (χ2n) is 7.20. The molecule has 0 spiro atoms. The van der Waals surface area contributed by atoms with Crippen LogP contribution in [0.5, 0.6) is 5.75 Å². The molecular formula is C21H28N2O6. The van der Waals surface area contributed by atoms with Crippen LogP contribution in [0.15, 0.2) is 36.5 Å².